The van der Waals surface area contributed by atoms with Crippen molar-refractivity contribution in [1.82, 2.24) is 14.8 Å². The van der Waals surface area contributed by atoms with E-state index in [9.17, 15) is 4.79 Å². The van der Waals surface area contributed by atoms with Gasteiger partial charge in [-0.15, -0.1) is 11.3 Å². The Morgan fingerprint density at radius 3 is 2.71 bits per heavy atom. The van der Waals surface area contributed by atoms with Gasteiger partial charge in [0.2, 0.25) is 0 Å². The first-order valence-electron chi connectivity index (χ1n) is 7.53. The van der Waals surface area contributed by atoms with E-state index in [4.69, 9.17) is 11.6 Å². The van der Waals surface area contributed by atoms with Gasteiger partial charge in [-0.1, -0.05) is 41.9 Å². The molecule has 2 heterocycles. The Morgan fingerprint density at radius 1 is 1.29 bits per heavy atom. The second-order valence-electron chi connectivity index (χ2n) is 5.50. The summed E-state index contributed by atoms with van der Waals surface area (Å²) in [6.45, 7) is 4.37. The van der Waals surface area contributed by atoms with Crippen molar-refractivity contribution < 1.29 is 0 Å². The molecule has 0 aliphatic carbocycles. The molecule has 1 atom stereocenters. The van der Waals surface area contributed by atoms with Crippen LogP contribution in [0, 0.1) is 6.92 Å². The summed E-state index contributed by atoms with van der Waals surface area (Å²) >= 11 is 7.86. The van der Waals surface area contributed by atoms with E-state index in [1.54, 1.807) is 17.5 Å². The van der Waals surface area contributed by atoms with Crippen LogP contribution in [0.4, 0.5) is 5.69 Å². The molecule has 0 saturated carbocycles. The third-order valence-corrected chi connectivity index (χ3v) is 5.00. The van der Waals surface area contributed by atoms with Gasteiger partial charge in [0.05, 0.1) is 24.5 Å². The number of halogens is 1. The zero-order valence-electron chi connectivity index (χ0n) is 13.4. The molecule has 0 aliphatic heterocycles. The maximum absolute atomic E-state index is 12.4. The van der Waals surface area contributed by atoms with E-state index in [1.165, 1.54) is 4.68 Å². The SMILES string of the molecule is Cc1cnc(C(C)Nc2cnn(Cc3ccccc3)c(=O)c2Cl)s1. The molecular formula is C17H17ClN4OS. The predicted molar refractivity (Wildman–Crippen MR) is 97.9 cm³/mol. The number of hydrogen-bond donors (Lipinski definition) is 1. The third-order valence-electron chi connectivity index (χ3n) is 3.54. The van der Waals surface area contributed by atoms with Crippen molar-refractivity contribution in [3.8, 4) is 0 Å². The molecule has 0 aliphatic rings. The van der Waals surface area contributed by atoms with Crippen molar-refractivity contribution in [2.45, 2.75) is 26.4 Å². The lowest BCUT2D eigenvalue weighted by molar-refractivity contribution is 0.639. The van der Waals surface area contributed by atoms with Gasteiger partial charge in [-0.05, 0) is 19.4 Å². The molecule has 24 heavy (non-hydrogen) atoms. The summed E-state index contributed by atoms with van der Waals surface area (Å²) in [6.07, 6.45) is 3.42. The van der Waals surface area contributed by atoms with Crippen LogP contribution < -0.4 is 10.9 Å². The number of thiazole rings is 1. The van der Waals surface area contributed by atoms with Crippen molar-refractivity contribution in [2.75, 3.05) is 5.32 Å². The van der Waals surface area contributed by atoms with Crippen molar-refractivity contribution >= 4 is 28.6 Å². The molecule has 2 aromatic heterocycles. The lowest BCUT2D eigenvalue weighted by Crippen LogP contribution is -2.25. The largest absolute Gasteiger partial charge is 0.373 e. The number of anilines is 1. The summed E-state index contributed by atoms with van der Waals surface area (Å²) < 4.78 is 1.36. The summed E-state index contributed by atoms with van der Waals surface area (Å²) in [6, 6.07) is 9.63. The van der Waals surface area contributed by atoms with Crippen LogP contribution in [0.25, 0.3) is 0 Å². The Balaban J connectivity index is 1.81. The fourth-order valence-electron chi connectivity index (χ4n) is 2.30. The number of hydrogen-bond acceptors (Lipinski definition) is 5. The first-order chi connectivity index (χ1) is 11.5. The maximum Gasteiger partial charge on any atom is 0.287 e. The fraction of sp³-hybridized carbons (Fsp3) is 0.235. The quantitative estimate of drug-likeness (QED) is 0.750. The third kappa shape index (κ3) is 3.66. The zero-order valence-corrected chi connectivity index (χ0v) is 14.9. The first kappa shape index (κ1) is 16.7. The van der Waals surface area contributed by atoms with Crippen LogP contribution in [0.15, 0.2) is 47.5 Å². The molecule has 0 radical (unpaired) electrons. The van der Waals surface area contributed by atoms with Gasteiger partial charge in [0.1, 0.15) is 10.0 Å². The number of nitrogens with one attached hydrogen (secondary N) is 1. The van der Waals surface area contributed by atoms with E-state index in [1.807, 2.05) is 50.4 Å². The highest BCUT2D eigenvalue weighted by Crippen LogP contribution is 2.25. The lowest BCUT2D eigenvalue weighted by atomic mass is 10.2. The molecule has 7 heteroatoms. The maximum atomic E-state index is 12.4. The number of aromatic nitrogens is 3. The fourth-order valence-corrected chi connectivity index (χ4v) is 3.28. The highest BCUT2D eigenvalue weighted by molar-refractivity contribution is 7.11. The van der Waals surface area contributed by atoms with Gasteiger partial charge >= 0.3 is 0 Å². The van der Waals surface area contributed by atoms with Crippen LogP contribution in [0.1, 0.15) is 28.4 Å². The highest BCUT2D eigenvalue weighted by atomic mass is 35.5. The second-order valence-corrected chi connectivity index (χ2v) is 7.14. The van der Waals surface area contributed by atoms with Gasteiger partial charge in [0.15, 0.2) is 0 Å². The standard InChI is InChI=1S/C17H17ClN4OS/c1-11-8-19-16(24-11)12(2)21-14-9-20-22(17(23)15(14)18)10-13-6-4-3-5-7-13/h3-9,12,21H,10H2,1-2H3. The zero-order chi connectivity index (χ0) is 17.1. The van der Waals surface area contributed by atoms with Crippen molar-refractivity contribution in [1.29, 1.82) is 0 Å². The number of rotatable bonds is 5. The Labute approximate surface area is 148 Å². The van der Waals surface area contributed by atoms with Crippen molar-refractivity contribution in [3.05, 3.63) is 73.6 Å². The minimum absolute atomic E-state index is 0.0487. The molecule has 0 saturated heterocycles. The van der Waals surface area contributed by atoms with E-state index in [-0.39, 0.29) is 16.6 Å². The lowest BCUT2D eigenvalue weighted by Gasteiger charge is -2.14. The molecule has 3 rings (SSSR count). The van der Waals surface area contributed by atoms with Crippen LogP contribution in [-0.4, -0.2) is 14.8 Å². The smallest absolute Gasteiger partial charge is 0.287 e. The van der Waals surface area contributed by atoms with Crippen LogP contribution >= 0.6 is 22.9 Å². The number of benzene rings is 1. The first-order valence-corrected chi connectivity index (χ1v) is 8.72. The van der Waals surface area contributed by atoms with Gasteiger partial charge in [-0.25, -0.2) is 9.67 Å². The molecular weight excluding hydrogens is 344 g/mol. The molecule has 124 valence electrons. The van der Waals surface area contributed by atoms with Crippen molar-refractivity contribution in [2.24, 2.45) is 0 Å². The van der Waals surface area contributed by atoms with Crippen LogP contribution in [0.5, 0.6) is 0 Å². The van der Waals surface area contributed by atoms with E-state index >= 15 is 0 Å². The summed E-state index contributed by atoms with van der Waals surface area (Å²) in [7, 11) is 0. The summed E-state index contributed by atoms with van der Waals surface area (Å²) in [5.74, 6) is 0. The average Bonchev–Trinajstić information content (AvgIpc) is 3.02. The molecule has 0 spiro atoms. The van der Waals surface area contributed by atoms with Gasteiger partial charge < -0.3 is 5.32 Å². The average molecular weight is 361 g/mol. The van der Waals surface area contributed by atoms with E-state index in [0.29, 0.717) is 12.2 Å². The molecule has 1 aromatic carbocycles. The molecule has 1 N–H and O–H groups in total. The topological polar surface area (TPSA) is 59.8 Å². The van der Waals surface area contributed by atoms with E-state index in [2.05, 4.69) is 15.4 Å². The van der Waals surface area contributed by atoms with Crippen molar-refractivity contribution in [3.63, 3.8) is 0 Å². The minimum atomic E-state index is -0.312. The Kier molecular flexibility index (Phi) is 4.97. The normalized spacial score (nSPS) is 12.1. The van der Waals surface area contributed by atoms with Gasteiger partial charge in [0, 0.05) is 11.1 Å². The summed E-state index contributed by atoms with van der Waals surface area (Å²) in [5, 5.41) is 8.52. The number of nitrogens with zero attached hydrogens (tertiary/aromatic N) is 3. The van der Waals surface area contributed by atoms with Gasteiger partial charge in [0.25, 0.3) is 5.56 Å². The summed E-state index contributed by atoms with van der Waals surface area (Å²) in [5.41, 5.74) is 1.20. The monoisotopic (exact) mass is 360 g/mol. The molecule has 1 unspecified atom stereocenters. The van der Waals surface area contributed by atoms with E-state index in [0.717, 1.165) is 15.4 Å². The van der Waals surface area contributed by atoms with Crippen LogP contribution in [-0.2, 0) is 6.54 Å². The van der Waals surface area contributed by atoms with Crippen LogP contribution in [0.2, 0.25) is 5.02 Å². The molecule has 0 amide bonds. The Morgan fingerprint density at radius 2 is 2.04 bits per heavy atom. The second kappa shape index (κ2) is 7.15. The number of aryl methyl sites for hydroxylation is 1. The minimum Gasteiger partial charge on any atom is -0.373 e. The molecule has 3 aromatic rings. The van der Waals surface area contributed by atoms with Gasteiger partial charge in [-0.3, -0.25) is 4.79 Å². The molecule has 0 bridgehead atoms. The van der Waals surface area contributed by atoms with Crippen LogP contribution in [0.3, 0.4) is 0 Å². The predicted octanol–water partition coefficient (Wildman–Crippen LogP) is 3.88. The van der Waals surface area contributed by atoms with E-state index < -0.39 is 0 Å². The summed E-state index contributed by atoms with van der Waals surface area (Å²) in [4.78, 5) is 17.9. The Hall–Kier alpha value is -2.18. The molecule has 0 fully saturated rings. The Bertz CT molecular complexity index is 891. The van der Waals surface area contributed by atoms with Gasteiger partial charge in [-0.2, -0.15) is 5.10 Å². The molecule has 5 nitrogen and oxygen atoms in total. The highest BCUT2D eigenvalue weighted by Gasteiger charge is 2.14.